The molecule has 1 aromatic carbocycles. The molecule has 4 nitrogen and oxygen atoms in total. The zero-order chi connectivity index (χ0) is 15.6. The molecule has 0 saturated carbocycles. The molecule has 2 atom stereocenters. The van der Waals surface area contributed by atoms with Crippen LogP contribution in [0.5, 0.6) is 0 Å². The molecule has 2 aliphatic heterocycles. The van der Waals surface area contributed by atoms with Crippen molar-refractivity contribution in [1.82, 2.24) is 0 Å². The van der Waals surface area contributed by atoms with Gasteiger partial charge >= 0.3 is 11.9 Å². The van der Waals surface area contributed by atoms with E-state index in [-0.39, 0.29) is 11.9 Å². The van der Waals surface area contributed by atoms with Gasteiger partial charge in [-0.1, -0.05) is 24.3 Å². The highest BCUT2D eigenvalue weighted by Gasteiger charge is 2.76. The van der Waals surface area contributed by atoms with Crippen LogP contribution < -0.4 is 0 Å². The molecule has 21 heavy (non-hydrogen) atoms. The van der Waals surface area contributed by atoms with Crippen molar-refractivity contribution in [3.05, 3.63) is 35.4 Å². The van der Waals surface area contributed by atoms with Crippen molar-refractivity contribution in [3.8, 4) is 0 Å². The van der Waals surface area contributed by atoms with Crippen LogP contribution in [0, 0.1) is 17.8 Å². The predicted octanol–water partition coefficient (Wildman–Crippen LogP) is 2.72. The van der Waals surface area contributed by atoms with Gasteiger partial charge in [-0.25, -0.2) is 0 Å². The van der Waals surface area contributed by atoms with Crippen molar-refractivity contribution in [2.75, 3.05) is 0 Å². The minimum atomic E-state index is -1.06. The molecule has 0 radical (unpaired) electrons. The number of ether oxygens (including phenoxy) is 2. The molecule has 0 aromatic heterocycles. The summed E-state index contributed by atoms with van der Waals surface area (Å²) in [6.07, 6.45) is -0.610. The first-order valence-electron chi connectivity index (χ1n) is 7.16. The Bertz CT molecular complexity index is 642. The van der Waals surface area contributed by atoms with Crippen molar-refractivity contribution in [3.63, 3.8) is 0 Å². The van der Waals surface area contributed by atoms with Gasteiger partial charge in [0.15, 0.2) is 11.7 Å². The lowest BCUT2D eigenvalue weighted by Crippen LogP contribution is -2.47. The predicted molar refractivity (Wildman–Crippen MR) is 76.4 cm³/mol. The second-order valence-corrected chi connectivity index (χ2v) is 7.07. The van der Waals surface area contributed by atoms with E-state index in [1.165, 1.54) is 0 Å². The van der Waals surface area contributed by atoms with Crippen LogP contribution in [-0.2, 0) is 24.7 Å². The zero-order valence-electron chi connectivity index (χ0n) is 13.0. The Hall–Kier alpha value is -1.84. The van der Waals surface area contributed by atoms with Crippen molar-refractivity contribution < 1.29 is 19.1 Å². The summed E-state index contributed by atoms with van der Waals surface area (Å²) in [6, 6.07) is 7.70. The molecule has 2 aliphatic rings. The van der Waals surface area contributed by atoms with Crippen LogP contribution in [0.15, 0.2) is 24.3 Å². The van der Waals surface area contributed by atoms with E-state index in [4.69, 9.17) is 9.47 Å². The van der Waals surface area contributed by atoms with Crippen molar-refractivity contribution in [2.45, 2.75) is 46.3 Å². The number of esters is 2. The minimum Gasteiger partial charge on any atom is -0.456 e. The van der Waals surface area contributed by atoms with Crippen LogP contribution in [0.25, 0.3) is 0 Å². The van der Waals surface area contributed by atoms with E-state index in [1.54, 1.807) is 27.7 Å². The molecular weight excluding hydrogens is 268 g/mol. The Balaban J connectivity index is 2.32. The highest BCUT2D eigenvalue weighted by molar-refractivity contribution is 5.89. The number of hydrogen-bond donors (Lipinski definition) is 0. The first-order valence-corrected chi connectivity index (χ1v) is 7.16. The summed E-state index contributed by atoms with van der Waals surface area (Å²) in [7, 11) is 0. The number of fused-ring (bicyclic) bond motifs is 1. The van der Waals surface area contributed by atoms with E-state index >= 15 is 0 Å². The average molecular weight is 288 g/mol. The van der Waals surface area contributed by atoms with Gasteiger partial charge in [0.25, 0.3) is 0 Å². The number of carbonyl (C=O) groups excluding carboxylic acids is 2. The van der Waals surface area contributed by atoms with Crippen LogP contribution in [0.4, 0.5) is 0 Å². The summed E-state index contributed by atoms with van der Waals surface area (Å²) < 4.78 is 11.5. The molecule has 112 valence electrons. The van der Waals surface area contributed by atoms with Crippen molar-refractivity contribution >= 4 is 11.9 Å². The van der Waals surface area contributed by atoms with Gasteiger partial charge in [-0.05, 0) is 40.2 Å². The summed E-state index contributed by atoms with van der Waals surface area (Å²) in [4.78, 5) is 24.8. The maximum Gasteiger partial charge on any atom is 0.316 e. The number of benzene rings is 1. The second-order valence-electron chi connectivity index (χ2n) is 7.07. The first-order chi connectivity index (χ1) is 9.65. The standard InChI is InChI=1S/C17H20O4/c1-10-8-6-7-9-11(10)17-12(15(2,3)13(18)21-17)20-14(19)16(17,4)5/h6-9,12H,1-5H3. The fourth-order valence-corrected chi connectivity index (χ4v) is 3.56. The fourth-order valence-electron chi connectivity index (χ4n) is 3.56. The second kappa shape index (κ2) is 3.87. The van der Waals surface area contributed by atoms with Crippen LogP contribution >= 0.6 is 0 Å². The third kappa shape index (κ3) is 1.45. The highest BCUT2D eigenvalue weighted by atomic mass is 16.6. The van der Waals surface area contributed by atoms with Gasteiger partial charge in [0.1, 0.15) is 10.8 Å². The van der Waals surface area contributed by atoms with Gasteiger partial charge in [-0.3, -0.25) is 9.59 Å². The van der Waals surface area contributed by atoms with Gasteiger partial charge in [-0.2, -0.15) is 0 Å². The summed E-state index contributed by atoms with van der Waals surface area (Å²) in [5, 5.41) is 0. The largest absolute Gasteiger partial charge is 0.456 e. The highest BCUT2D eigenvalue weighted by Crippen LogP contribution is 2.61. The van der Waals surface area contributed by atoms with Crippen LogP contribution in [0.2, 0.25) is 0 Å². The Morgan fingerprint density at radius 1 is 1.00 bits per heavy atom. The molecule has 0 spiro atoms. The van der Waals surface area contributed by atoms with Gasteiger partial charge in [0, 0.05) is 5.56 Å². The van der Waals surface area contributed by atoms with Gasteiger partial charge in [0.2, 0.25) is 0 Å². The number of carbonyl (C=O) groups is 2. The third-order valence-electron chi connectivity index (χ3n) is 5.01. The normalized spacial score (nSPS) is 32.5. The molecule has 4 heteroatoms. The molecule has 2 fully saturated rings. The number of aryl methyl sites for hydroxylation is 1. The Kier molecular flexibility index (Phi) is 2.60. The smallest absolute Gasteiger partial charge is 0.316 e. The van der Waals surface area contributed by atoms with Crippen LogP contribution in [0.1, 0.15) is 38.8 Å². The molecule has 3 rings (SSSR count). The molecule has 2 heterocycles. The van der Waals surface area contributed by atoms with Gasteiger partial charge in [0.05, 0.1) is 0 Å². The van der Waals surface area contributed by atoms with Crippen LogP contribution in [-0.4, -0.2) is 18.0 Å². The molecule has 0 aliphatic carbocycles. The molecule has 0 amide bonds. The molecule has 0 N–H and O–H groups in total. The van der Waals surface area contributed by atoms with Gasteiger partial charge in [-0.15, -0.1) is 0 Å². The third-order valence-corrected chi connectivity index (χ3v) is 5.01. The van der Waals surface area contributed by atoms with Crippen molar-refractivity contribution in [1.29, 1.82) is 0 Å². The average Bonchev–Trinajstić information content (AvgIpc) is 2.72. The summed E-state index contributed by atoms with van der Waals surface area (Å²) in [5.41, 5.74) is -1.00. The van der Waals surface area contributed by atoms with E-state index in [0.29, 0.717) is 0 Å². The minimum absolute atomic E-state index is 0.323. The maximum absolute atomic E-state index is 12.4. The van der Waals surface area contributed by atoms with E-state index < -0.39 is 22.5 Å². The van der Waals surface area contributed by atoms with E-state index in [9.17, 15) is 9.59 Å². The SMILES string of the molecule is Cc1ccccc1C12OC(=O)C(C)(C)C1OC(=O)C2(C)C. The Morgan fingerprint density at radius 3 is 2.24 bits per heavy atom. The summed E-state index contributed by atoms with van der Waals surface area (Å²) >= 11 is 0. The molecule has 1 aromatic rings. The zero-order valence-corrected chi connectivity index (χ0v) is 13.0. The lowest BCUT2D eigenvalue weighted by Gasteiger charge is -2.37. The maximum atomic E-state index is 12.4. The molecular formula is C17H20O4. The quantitative estimate of drug-likeness (QED) is 0.746. The summed E-state index contributed by atoms with van der Waals surface area (Å²) in [6.45, 7) is 9.08. The van der Waals surface area contributed by atoms with Crippen LogP contribution in [0.3, 0.4) is 0 Å². The van der Waals surface area contributed by atoms with E-state index in [2.05, 4.69) is 0 Å². The van der Waals surface area contributed by atoms with E-state index in [0.717, 1.165) is 11.1 Å². The topological polar surface area (TPSA) is 52.6 Å². The van der Waals surface area contributed by atoms with Gasteiger partial charge < -0.3 is 9.47 Å². The fraction of sp³-hybridized carbons (Fsp3) is 0.529. The van der Waals surface area contributed by atoms with Crippen molar-refractivity contribution in [2.24, 2.45) is 10.8 Å². The molecule has 0 bridgehead atoms. The van der Waals surface area contributed by atoms with E-state index in [1.807, 2.05) is 31.2 Å². The lowest BCUT2D eigenvalue weighted by atomic mass is 9.65. The molecule has 2 saturated heterocycles. The lowest BCUT2D eigenvalue weighted by molar-refractivity contribution is -0.166. The number of rotatable bonds is 1. The number of hydrogen-bond acceptors (Lipinski definition) is 4. The Morgan fingerprint density at radius 2 is 1.62 bits per heavy atom. The summed E-state index contributed by atoms with van der Waals surface area (Å²) in [5.74, 6) is -0.646. The molecule has 2 unspecified atom stereocenters. The monoisotopic (exact) mass is 288 g/mol. The Labute approximate surface area is 124 Å². The first kappa shape index (κ1) is 14.1.